The minimum atomic E-state index is -3.52. The third-order valence-corrected chi connectivity index (χ3v) is 6.17. The van der Waals surface area contributed by atoms with Gasteiger partial charge in [0.1, 0.15) is 5.75 Å². The Balaban J connectivity index is 1.63. The lowest BCUT2D eigenvalue weighted by molar-refractivity contribution is -0.111. The van der Waals surface area contributed by atoms with E-state index in [4.69, 9.17) is 9.47 Å². The highest BCUT2D eigenvalue weighted by Crippen LogP contribution is 2.19. The van der Waals surface area contributed by atoms with E-state index in [2.05, 4.69) is 5.32 Å². The quantitative estimate of drug-likeness (QED) is 0.750. The summed E-state index contributed by atoms with van der Waals surface area (Å²) >= 11 is 0. The summed E-state index contributed by atoms with van der Waals surface area (Å²) in [6, 6.07) is 13.5. The lowest BCUT2D eigenvalue weighted by atomic mass is 10.2. The average molecular weight is 402 g/mol. The van der Waals surface area contributed by atoms with Crippen molar-refractivity contribution in [1.29, 1.82) is 0 Å². The van der Waals surface area contributed by atoms with Crippen LogP contribution in [0.4, 0.5) is 5.69 Å². The molecule has 0 aromatic heterocycles. The number of hydrogen-bond donors (Lipinski definition) is 1. The van der Waals surface area contributed by atoms with Gasteiger partial charge in [-0.25, -0.2) is 8.42 Å². The van der Waals surface area contributed by atoms with Gasteiger partial charge in [0.2, 0.25) is 15.9 Å². The van der Waals surface area contributed by atoms with Crippen LogP contribution in [0.3, 0.4) is 0 Å². The molecule has 1 aliphatic heterocycles. The van der Waals surface area contributed by atoms with Crippen LogP contribution in [-0.4, -0.2) is 52.0 Å². The number of rotatable bonds is 6. The van der Waals surface area contributed by atoms with Crippen molar-refractivity contribution < 1.29 is 22.7 Å². The third kappa shape index (κ3) is 4.98. The van der Waals surface area contributed by atoms with E-state index in [9.17, 15) is 13.2 Å². The van der Waals surface area contributed by atoms with Crippen LogP contribution in [0.1, 0.15) is 5.56 Å². The number of carbonyl (C=O) groups is 1. The molecular formula is C20H22N2O5S. The van der Waals surface area contributed by atoms with Crippen molar-refractivity contribution in [2.24, 2.45) is 0 Å². The summed E-state index contributed by atoms with van der Waals surface area (Å²) < 4.78 is 36.9. The van der Waals surface area contributed by atoms with Gasteiger partial charge in [-0.15, -0.1) is 0 Å². The fraction of sp³-hybridized carbons (Fsp3) is 0.250. The number of nitrogens with one attached hydrogen (secondary N) is 1. The van der Waals surface area contributed by atoms with E-state index in [1.807, 2.05) is 0 Å². The number of hydrogen-bond acceptors (Lipinski definition) is 5. The first-order valence-corrected chi connectivity index (χ1v) is 10.2. The minimum absolute atomic E-state index is 0.229. The average Bonchev–Trinajstić information content (AvgIpc) is 2.73. The van der Waals surface area contributed by atoms with Gasteiger partial charge < -0.3 is 14.8 Å². The molecule has 0 saturated carbocycles. The first-order chi connectivity index (χ1) is 13.5. The molecule has 1 N–H and O–H groups in total. The van der Waals surface area contributed by atoms with Gasteiger partial charge in [0.25, 0.3) is 0 Å². The number of sulfonamides is 1. The summed E-state index contributed by atoms with van der Waals surface area (Å²) in [4.78, 5) is 12.3. The van der Waals surface area contributed by atoms with Gasteiger partial charge >= 0.3 is 0 Å². The molecule has 2 aromatic carbocycles. The Morgan fingerprint density at radius 3 is 2.54 bits per heavy atom. The molecule has 1 fully saturated rings. The van der Waals surface area contributed by atoms with E-state index in [-0.39, 0.29) is 10.8 Å². The highest BCUT2D eigenvalue weighted by molar-refractivity contribution is 7.89. The lowest BCUT2D eigenvalue weighted by Gasteiger charge is -2.26. The van der Waals surface area contributed by atoms with Crippen LogP contribution in [0.5, 0.6) is 5.75 Å². The summed E-state index contributed by atoms with van der Waals surface area (Å²) in [6.45, 7) is 1.52. The Hall–Kier alpha value is -2.68. The molecule has 0 aliphatic carbocycles. The SMILES string of the molecule is COc1cccc(NC(=O)C=Cc2ccc(S(=O)(=O)N3CCOCC3)cc2)c1. The minimum Gasteiger partial charge on any atom is -0.497 e. The maximum absolute atomic E-state index is 12.6. The van der Waals surface area contributed by atoms with Crippen molar-refractivity contribution in [2.75, 3.05) is 38.7 Å². The van der Waals surface area contributed by atoms with Crippen LogP contribution in [0.15, 0.2) is 59.5 Å². The van der Waals surface area contributed by atoms with E-state index < -0.39 is 10.0 Å². The first-order valence-electron chi connectivity index (χ1n) is 8.80. The molecule has 1 saturated heterocycles. The summed E-state index contributed by atoms with van der Waals surface area (Å²) in [5.74, 6) is 0.358. The fourth-order valence-electron chi connectivity index (χ4n) is 2.74. The van der Waals surface area contributed by atoms with Crippen LogP contribution < -0.4 is 10.1 Å². The Bertz CT molecular complexity index is 949. The second kappa shape index (κ2) is 9.01. The van der Waals surface area contributed by atoms with Gasteiger partial charge in [-0.2, -0.15) is 4.31 Å². The van der Waals surface area contributed by atoms with Gasteiger partial charge in [-0.05, 0) is 35.9 Å². The molecule has 1 aliphatic rings. The maximum atomic E-state index is 12.6. The van der Waals surface area contributed by atoms with Crippen LogP contribution in [0, 0.1) is 0 Å². The number of morpholine rings is 1. The zero-order valence-electron chi connectivity index (χ0n) is 15.5. The first kappa shape index (κ1) is 20.1. The third-order valence-electron chi connectivity index (χ3n) is 4.25. The van der Waals surface area contributed by atoms with Crippen molar-refractivity contribution in [3.8, 4) is 5.75 Å². The molecule has 0 bridgehead atoms. The van der Waals surface area contributed by atoms with E-state index in [0.29, 0.717) is 37.7 Å². The van der Waals surface area contributed by atoms with Crippen LogP contribution >= 0.6 is 0 Å². The highest BCUT2D eigenvalue weighted by Gasteiger charge is 2.25. The summed E-state index contributed by atoms with van der Waals surface area (Å²) in [5.41, 5.74) is 1.35. The molecule has 148 valence electrons. The van der Waals surface area contributed by atoms with Gasteiger partial charge in [0, 0.05) is 30.9 Å². The van der Waals surface area contributed by atoms with Gasteiger partial charge in [-0.3, -0.25) is 4.79 Å². The van der Waals surface area contributed by atoms with Crippen molar-refractivity contribution >= 4 is 27.7 Å². The number of amides is 1. The highest BCUT2D eigenvalue weighted by atomic mass is 32.2. The summed E-state index contributed by atoms with van der Waals surface area (Å²) in [7, 11) is -1.96. The molecule has 0 unspecified atom stereocenters. The van der Waals surface area contributed by atoms with Crippen LogP contribution in [-0.2, 0) is 19.6 Å². The standard InChI is InChI=1S/C20H22N2O5S/c1-26-18-4-2-3-17(15-18)21-20(23)10-7-16-5-8-19(9-6-16)28(24,25)22-11-13-27-14-12-22/h2-10,15H,11-14H2,1H3,(H,21,23). The Morgan fingerprint density at radius 2 is 1.86 bits per heavy atom. The Morgan fingerprint density at radius 1 is 1.14 bits per heavy atom. The zero-order valence-corrected chi connectivity index (χ0v) is 16.3. The van der Waals surface area contributed by atoms with E-state index >= 15 is 0 Å². The van der Waals surface area contributed by atoms with Gasteiger partial charge in [0.15, 0.2) is 0 Å². The molecule has 3 rings (SSSR count). The topological polar surface area (TPSA) is 84.9 Å². The second-order valence-electron chi connectivity index (χ2n) is 6.14. The Labute approximate surface area is 164 Å². The number of methoxy groups -OCH3 is 1. The lowest BCUT2D eigenvalue weighted by Crippen LogP contribution is -2.40. The number of benzene rings is 2. The fourth-order valence-corrected chi connectivity index (χ4v) is 4.15. The number of ether oxygens (including phenoxy) is 2. The Kier molecular flexibility index (Phi) is 6.45. The molecule has 28 heavy (non-hydrogen) atoms. The van der Waals surface area contributed by atoms with Crippen LogP contribution in [0.2, 0.25) is 0 Å². The number of carbonyl (C=O) groups excluding carboxylic acids is 1. The summed E-state index contributed by atoms with van der Waals surface area (Å²) in [5, 5.41) is 2.75. The molecule has 7 nitrogen and oxygen atoms in total. The smallest absolute Gasteiger partial charge is 0.248 e. The predicted octanol–water partition coefficient (Wildman–Crippen LogP) is 2.37. The summed E-state index contributed by atoms with van der Waals surface area (Å²) in [6.07, 6.45) is 3.02. The van der Waals surface area contributed by atoms with Gasteiger partial charge in [-0.1, -0.05) is 18.2 Å². The van der Waals surface area contributed by atoms with Gasteiger partial charge in [0.05, 0.1) is 25.2 Å². The predicted molar refractivity (Wildman–Crippen MR) is 107 cm³/mol. The maximum Gasteiger partial charge on any atom is 0.248 e. The number of anilines is 1. The van der Waals surface area contributed by atoms with Crippen molar-refractivity contribution in [3.63, 3.8) is 0 Å². The second-order valence-corrected chi connectivity index (χ2v) is 8.08. The van der Waals surface area contributed by atoms with Crippen molar-refractivity contribution in [2.45, 2.75) is 4.90 Å². The largest absolute Gasteiger partial charge is 0.497 e. The normalized spacial score (nSPS) is 15.5. The van der Waals surface area contributed by atoms with E-state index in [1.54, 1.807) is 61.7 Å². The molecule has 8 heteroatoms. The van der Waals surface area contributed by atoms with Crippen LogP contribution in [0.25, 0.3) is 6.08 Å². The monoisotopic (exact) mass is 402 g/mol. The molecular weight excluding hydrogens is 380 g/mol. The molecule has 1 amide bonds. The zero-order chi connectivity index (χ0) is 20.0. The van der Waals surface area contributed by atoms with E-state index in [0.717, 1.165) is 5.56 Å². The molecule has 0 spiro atoms. The number of nitrogens with zero attached hydrogens (tertiary/aromatic N) is 1. The molecule has 1 heterocycles. The van der Waals surface area contributed by atoms with Crippen molar-refractivity contribution in [3.05, 3.63) is 60.2 Å². The molecule has 0 atom stereocenters. The molecule has 2 aromatic rings. The molecule has 0 radical (unpaired) electrons. The van der Waals surface area contributed by atoms with E-state index in [1.165, 1.54) is 10.4 Å². The van der Waals surface area contributed by atoms with Crippen molar-refractivity contribution in [1.82, 2.24) is 4.31 Å².